The number of imide groups is 1. The molecule has 2 aliphatic heterocycles. The number of carbonyl (C=O) groups is 3. The predicted octanol–water partition coefficient (Wildman–Crippen LogP) is 12.4. The monoisotopic (exact) mass is 727 g/mol. The lowest BCUT2D eigenvalue weighted by Crippen LogP contribution is -2.33. The second-order valence-electron chi connectivity index (χ2n) is 16.6. The molecule has 2 rings (SSSR count). The molecule has 0 aromatic rings. The van der Waals surface area contributed by atoms with Crippen LogP contribution in [0.4, 0.5) is 0 Å². The van der Waals surface area contributed by atoms with Gasteiger partial charge in [-0.1, -0.05) is 207 Å². The summed E-state index contributed by atoms with van der Waals surface area (Å²) in [6.07, 6.45) is 39.1. The maximum absolute atomic E-state index is 12.1. The zero-order valence-corrected chi connectivity index (χ0v) is 34.3. The van der Waals surface area contributed by atoms with E-state index < -0.39 is 6.23 Å². The molecule has 0 bridgehead atoms. The number of nitrogens with zero attached hydrogens (tertiary/aromatic N) is 2. The third-order valence-electron chi connectivity index (χ3n) is 12.0. The lowest BCUT2D eigenvalue weighted by molar-refractivity contribution is -0.138. The molecule has 0 aromatic heterocycles. The number of aliphatic hydroxyl groups is 1. The molecule has 0 aromatic carbocycles. The van der Waals surface area contributed by atoms with E-state index in [0.717, 1.165) is 37.5 Å². The predicted molar refractivity (Wildman–Crippen MR) is 219 cm³/mol. The Morgan fingerprint density at radius 3 is 1.23 bits per heavy atom. The Hall–Kier alpha value is -1.95. The standard InChI is InChI=1S/C46H82N2O4/c1-5-7-9-11-19-25-31-41(33-27-21-15-13-17-23-29-35-47-43(49)37-39(3)45(47)51)42(32-26-20-12-10-8-6-2)34-28-22-16-14-18-24-30-36-48-44(50)38-40(4)46(48)52/h41-42,45,51H,3-38H2,1-2H3. The summed E-state index contributed by atoms with van der Waals surface area (Å²) in [5, 5.41) is 10.1. The van der Waals surface area contributed by atoms with Crippen LogP contribution in [-0.2, 0) is 14.4 Å². The van der Waals surface area contributed by atoms with Gasteiger partial charge in [-0.3, -0.25) is 19.3 Å². The van der Waals surface area contributed by atoms with E-state index in [2.05, 4.69) is 27.0 Å². The van der Waals surface area contributed by atoms with Gasteiger partial charge in [-0.15, -0.1) is 0 Å². The summed E-state index contributed by atoms with van der Waals surface area (Å²) in [4.78, 5) is 39.1. The van der Waals surface area contributed by atoms with Crippen LogP contribution in [-0.4, -0.2) is 51.9 Å². The Kier molecular flexibility index (Phi) is 26.1. The van der Waals surface area contributed by atoms with Crippen LogP contribution in [0.25, 0.3) is 0 Å². The molecule has 2 fully saturated rings. The van der Waals surface area contributed by atoms with Crippen molar-refractivity contribution >= 4 is 17.7 Å². The maximum atomic E-state index is 12.1. The molecule has 2 saturated heterocycles. The third-order valence-corrected chi connectivity index (χ3v) is 12.0. The van der Waals surface area contributed by atoms with Crippen LogP contribution in [0.15, 0.2) is 24.3 Å². The smallest absolute Gasteiger partial charge is 0.256 e. The molecule has 0 radical (unpaired) electrons. The maximum Gasteiger partial charge on any atom is 0.256 e. The minimum absolute atomic E-state index is 0.0231. The van der Waals surface area contributed by atoms with Crippen molar-refractivity contribution in [2.24, 2.45) is 11.8 Å². The van der Waals surface area contributed by atoms with Crippen LogP contribution in [0.3, 0.4) is 0 Å². The first-order chi connectivity index (χ1) is 25.3. The summed E-state index contributed by atoms with van der Waals surface area (Å²) in [7, 11) is 0. The van der Waals surface area contributed by atoms with E-state index >= 15 is 0 Å². The van der Waals surface area contributed by atoms with E-state index in [-0.39, 0.29) is 24.1 Å². The molecular formula is C46H82N2O4. The highest BCUT2D eigenvalue weighted by Crippen LogP contribution is 2.34. The minimum Gasteiger partial charge on any atom is -0.370 e. The van der Waals surface area contributed by atoms with Gasteiger partial charge in [-0.25, -0.2) is 0 Å². The number of hydrogen-bond donors (Lipinski definition) is 1. The van der Waals surface area contributed by atoms with Crippen molar-refractivity contribution in [2.75, 3.05) is 13.1 Å². The van der Waals surface area contributed by atoms with E-state index in [9.17, 15) is 19.5 Å². The number of carbonyl (C=O) groups excluding carboxylic acids is 3. The lowest BCUT2D eigenvalue weighted by Gasteiger charge is -2.28. The second kappa shape index (κ2) is 29.4. The number of likely N-dealkylation sites (tertiary alicyclic amines) is 2. The fourth-order valence-corrected chi connectivity index (χ4v) is 8.61. The molecule has 1 N–H and O–H groups in total. The zero-order chi connectivity index (χ0) is 37.8. The van der Waals surface area contributed by atoms with Gasteiger partial charge in [0.1, 0.15) is 0 Å². The van der Waals surface area contributed by atoms with Crippen molar-refractivity contribution < 1.29 is 19.5 Å². The average molecular weight is 727 g/mol. The van der Waals surface area contributed by atoms with Crippen molar-refractivity contribution in [3.63, 3.8) is 0 Å². The largest absolute Gasteiger partial charge is 0.370 e. The fraction of sp³-hybridized carbons (Fsp3) is 0.848. The molecule has 0 aliphatic carbocycles. The van der Waals surface area contributed by atoms with E-state index in [0.29, 0.717) is 30.7 Å². The third kappa shape index (κ3) is 19.4. The Morgan fingerprint density at radius 1 is 0.519 bits per heavy atom. The molecule has 6 heteroatoms. The van der Waals surface area contributed by atoms with Crippen molar-refractivity contribution in [3.8, 4) is 0 Å². The summed E-state index contributed by atoms with van der Waals surface area (Å²) in [6, 6.07) is 0. The van der Waals surface area contributed by atoms with Crippen LogP contribution in [0.2, 0.25) is 0 Å². The summed E-state index contributed by atoms with van der Waals surface area (Å²) in [6.45, 7) is 13.4. The number of hydrogen-bond acceptors (Lipinski definition) is 4. The lowest BCUT2D eigenvalue weighted by atomic mass is 9.78. The highest BCUT2D eigenvalue weighted by molar-refractivity contribution is 6.12. The van der Waals surface area contributed by atoms with Gasteiger partial charge in [-0.2, -0.15) is 0 Å². The molecule has 300 valence electrons. The Labute approximate surface area is 321 Å². The molecule has 3 unspecified atom stereocenters. The van der Waals surface area contributed by atoms with Gasteiger partial charge in [0.05, 0.1) is 12.8 Å². The SMILES string of the molecule is C=C1CC(=O)N(CCCCCCCCCC(CCCCCCCC)C(CCCCCCCC)CCCCCCCCCN2C(=O)CC(=C)C2O)C1=O. The number of rotatable bonds is 35. The van der Waals surface area contributed by atoms with Gasteiger partial charge in [0.2, 0.25) is 11.8 Å². The first-order valence-electron chi connectivity index (χ1n) is 22.5. The average Bonchev–Trinajstić information content (AvgIpc) is 3.52. The molecule has 3 atom stereocenters. The first kappa shape index (κ1) is 46.2. The molecule has 52 heavy (non-hydrogen) atoms. The van der Waals surface area contributed by atoms with Gasteiger partial charge in [0.25, 0.3) is 5.91 Å². The molecule has 0 spiro atoms. The molecule has 3 amide bonds. The van der Waals surface area contributed by atoms with Gasteiger partial charge < -0.3 is 10.0 Å². The Morgan fingerprint density at radius 2 is 0.885 bits per heavy atom. The number of amides is 3. The Bertz CT molecular complexity index is 1010. The van der Waals surface area contributed by atoms with Crippen LogP contribution in [0, 0.1) is 11.8 Å². The molecule has 2 aliphatic rings. The van der Waals surface area contributed by atoms with E-state index in [1.807, 2.05) is 0 Å². The number of unbranched alkanes of at least 4 members (excludes halogenated alkanes) is 22. The van der Waals surface area contributed by atoms with Gasteiger partial charge in [0.15, 0.2) is 6.23 Å². The first-order valence-corrected chi connectivity index (χ1v) is 22.5. The topological polar surface area (TPSA) is 77.9 Å². The Balaban J connectivity index is 1.74. The number of aliphatic hydroxyl groups excluding tert-OH is 1. The van der Waals surface area contributed by atoms with Gasteiger partial charge in [0, 0.05) is 18.7 Å². The summed E-state index contributed by atoms with van der Waals surface area (Å²) < 4.78 is 0. The quantitative estimate of drug-likeness (QED) is 0.0305. The van der Waals surface area contributed by atoms with Crippen LogP contribution >= 0.6 is 0 Å². The van der Waals surface area contributed by atoms with Crippen LogP contribution < -0.4 is 0 Å². The van der Waals surface area contributed by atoms with Crippen molar-refractivity contribution in [3.05, 3.63) is 24.3 Å². The minimum atomic E-state index is -0.771. The second-order valence-corrected chi connectivity index (χ2v) is 16.6. The van der Waals surface area contributed by atoms with Gasteiger partial charge >= 0.3 is 0 Å². The van der Waals surface area contributed by atoms with Crippen molar-refractivity contribution in [2.45, 2.75) is 226 Å². The molecule has 6 nitrogen and oxygen atoms in total. The van der Waals surface area contributed by atoms with Crippen LogP contribution in [0.1, 0.15) is 219 Å². The summed E-state index contributed by atoms with van der Waals surface area (Å²) >= 11 is 0. The zero-order valence-electron chi connectivity index (χ0n) is 34.3. The fourth-order valence-electron chi connectivity index (χ4n) is 8.61. The van der Waals surface area contributed by atoms with Crippen molar-refractivity contribution in [1.29, 1.82) is 0 Å². The van der Waals surface area contributed by atoms with E-state index in [1.165, 1.54) is 172 Å². The molecular weight excluding hydrogens is 645 g/mol. The van der Waals surface area contributed by atoms with E-state index in [4.69, 9.17) is 0 Å². The molecule has 2 heterocycles. The van der Waals surface area contributed by atoms with E-state index in [1.54, 1.807) is 4.90 Å². The summed E-state index contributed by atoms with van der Waals surface area (Å²) in [5.41, 5.74) is 1.08. The highest BCUT2D eigenvalue weighted by Gasteiger charge is 2.32. The summed E-state index contributed by atoms with van der Waals surface area (Å²) in [5.74, 6) is 1.55. The van der Waals surface area contributed by atoms with Crippen molar-refractivity contribution in [1.82, 2.24) is 9.80 Å². The van der Waals surface area contributed by atoms with Gasteiger partial charge in [-0.05, 0) is 30.3 Å². The normalized spacial score (nSPS) is 17.7. The van der Waals surface area contributed by atoms with Crippen LogP contribution in [0.5, 0.6) is 0 Å². The highest BCUT2D eigenvalue weighted by atomic mass is 16.3. The molecule has 0 saturated carbocycles.